The molecule has 1 aliphatic heterocycles. The number of fused-ring (bicyclic) bond motifs is 1. The second kappa shape index (κ2) is 9.87. The van der Waals surface area contributed by atoms with E-state index < -0.39 is 11.6 Å². The fourth-order valence-corrected chi connectivity index (χ4v) is 3.59. The van der Waals surface area contributed by atoms with Crippen LogP contribution < -0.4 is 0 Å². The standard InChI is InChI=1S/C27H24F2O2/c1-2-3-4-5-21-17-30-27(31-18-21)22-11-8-19(9-12-22)6-7-20-10-13-23-15-25(28)26(29)16-24(23)14-20/h2-3,8-16,21,27H,4-5,17-18H2,1H3/b3-2+. The monoisotopic (exact) mass is 418 g/mol. The predicted molar refractivity (Wildman–Crippen MR) is 118 cm³/mol. The number of ether oxygens (including phenoxy) is 2. The Kier molecular flexibility index (Phi) is 6.76. The van der Waals surface area contributed by atoms with Gasteiger partial charge in [-0.15, -0.1) is 0 Å². The maximum Gasteiger partial charge on any atom is 0.183 e. The van der Waals surface area contributed by atoms with Crippen molar-refractivity contribution in [2.24, 2.45) is 5.92 Å². The molecular weight excluding hydrogens is 394 g/mol. The molecule has 0 unspecified atom stereocenters. The summed E-state index contributed by atoms with van der Waals surface area (Å²) in [6.07, 6.45) is 6.02. The highest BCUT2D eigenvalue weighted by Crippen LogP contribution is 2.27. The fourth-order valence-electron chi connectivity index (χ4n) is 3.59. The number of hydrogen-bond donors (Lipinski definition) is 0. The highest BCUT2D eigenvalue weighted by atomic mass is 19.2. The summed E-state index contributed by atoms with van der Waals surface area (Å²) < 4.78 is 38.6. The van der Waals surface area contributed by atoms with Crippen molar-refractivity contribution in [2.45, 2.75) is 26.1 Å². The van der Waals surface area contributed by atoms with Gasteiger partial charge in [-0.2, -0.15) is 0 Å². The molecule has 0 aromatic heterocycles. The Morgan fingerprint density at radius 2 is 1.52 bits per heavy atom. The van der Waals surface area contributed by atoms with E-state index in [0.29, 0.717) is 29.9 Å². The third-order valence-corrected chi connectivity index (χ3v) is 5.36. The van der Waals surface area contributed by atoms with Gasteiger partial charge < -0.3 is 9.47 Å². The van der Waals surface area contributed by atoms with Crippen molar-refractivity contribution in [3.63, 3.8) is 0 Å². The van der Waals surface area contributed by atoms with Gasteiger partial charge in [-0.1, -0.05) is 42.2 Å². The Bertz CT molecular complexity index is 1130. The Balaban J connectivity index is 1.39. The Morgan fingerprint density at radius 1 is 0.871 bits per heavy atom. The Hall–Kier alpha value is -3.00. The first-order chi connectivity index (χ1) is 15.1. The van der Waals surface area contributed by atoms with E-state index in [1.807, 2.05) is 31.2 Å². The summed E-state index contributed by atoms with van der Waals surface area (Å²) in [5, 5.41) is 1.27. The summed E-state index contributed by atoms with van der Waals surface area (Å²) in [5.74, 6) is 4.93. The van der Waals surface area contributed by atoms with E-state index in [-0.39, 0.29) is 6.29 Å². The van der Waals surface area contributed by atoms with E-state index in [0.717, 1.165) is 29.5 Å². The minimum atomic E-state index is -0.857. The van der Waals surface area contributed by atoms with Crippen LogP contribution in [0, 0.1) is 29.4 Å². The van der Waals surface area contributed by atoms with E-state index in [1.54, 1.807) is 18.2 Å². The zero-order chi connectivity index (χ0) is 21.6. The highest BCUT2D eigenvalue weighted by Gasteiger charge is 2.22. The number of benzene rings is 3. The number of allylic oxidation sites excluding steroid dienone is 2. The molecule has 0 aliphatic carbocycles. The minimum Gasteiger partial charge on any atom is -0.348 e. The zero-order valence-corrected chi connectivity index (χ0v) is 17.4. The van der Waals surface area contributed by atoms with Crippen LogP contribution in [0.15, 0.2) is 66.7 Å². The molecule has 1 fully saturated rings. The molecule has 0 saturated carbocycles. The number of halogens is 2. The smallest absolute Gasteiger partial charge is 0.183 e. The largest absolute Gasteiger partial charge is 0.348 e. The first kappa shape index (κ1) is 21.2. The molecule has 0 bridgehead atoms. The molecule has 1 saturated heterocycles. The van der Waals surface area contributed by atoms with Crippen LogP contribution in [-0.4, -0.2) is 13.2 Å². The van der Waals surface area contributed by atoms with Gasteiger partial charge in [0.1, 0.15) is 0 Å². The van der Waals surface area contributed by atoms with Crippen molar-refractivity contribution in [1.82, 2.24) is 0 Å². The van der Waals surface area contributed by atoms with Crippen LogP contribution in [0.4, 0.5) is 8.78 Å². The Labute approximate surface area is 181 Å². The Morgan fingerprint density at radius 3 is 2.23 bits per heavy atom. The zero-order valence-electron chi connectivity index (χ0n) is 17.4. The third kappa shape index (κ3) is 5.38. The van der Waals surface area contributed by atoms with Gasteiger partial charge in [0.25, 0.3) is 0 Å². The second-order valence-electron chi connectivity index (χ2n) is 7.71. The molecule has 0 atom stereocenters. The SMILES string of the molecule is C/C=C/CCC1COC(c2ccc(C#Cc3ccc4cc(F)c(F)cc4c3)cc2)OC1. The molecule has 2 nitrogen and oxygen atoms in total. The predicted octanol–water partition coefficient (Wildman–Crippen LogP) is 6.54. The van der Waals surface area contributed by atoms with Crippen LogP contribution in [0.5, 0.6) is 0 Å². The van der Waals surface area contributed by atoms with E-state index >= 15 is 0 Å². The normalized spacial score (nSPS) is 18.8. The van der Waals surface area contributed by atoms with Crippen LogP contribution in [-0.2, 0) is 9.47 Å². The van der Waals surface area contributed by atoms with Gasteiger partial charge in [0.15, 0.2) is 17.9 Å². The first-order valence-electron chi connectivity index (χ1n) is 10.5. The van der Waals surface area contributed by atoms with Crippen molar-refractivity contribution in [3.05, 3.63) is 95.1 Å². The van der Waals surface area contributed by atoms with E-state index in [1.165, 1.54) is 12.1 Å². The summed E-state index contributed by atoms with van der Waals surface area (Å²) in [5.41, 5.74) is 2.57. The molecule has 3 aromatic rings. The van der Waals surface area contributed by atoms with Crippen molar-refractivity contribution in [2.75, 3.05) is 13.2 Å². The van der Waals surface area contributed by atoms with Crippen LogP contribution in [0.1, 0.15) is 42.7 Å². The van der Waals surface area contributed by atoms with E-state index in [9.17, 15) is 8.78 Å². The van der Waals surface area contributed by atoms with E-state index in [2.05, 4.69) is 24.0 Å². The molecule has 4 heteroatoms. The summed E-state index contributed by atoms with van der Waals surface area (Å²) >= 11 is 0. The molecule has 158 valence electrons. The van der Waals surface area contributed by atoms with Gasteiger partial charge in [-0.05, 0) is 66.9 Å². The lowest BCUT2D eigenvalue weighted by Gasteiger charge is -2.29. The summed E-state index contributed by atoms with van der Waals surface area (Å²) in [6.45, 7) is 3.44. The van der Waals surface area contributed by atoms with E-state index in [4.69, 9.17) is 9.47 Å². The number of rotatable bonds is 4. The van der Waals surface area contributed by atoms with Gasteiger partial charge in [0.2, 0.25) is 0 Å². The van der Waals surface area contributed by atoms with Gasteiger partial charge in [0, 0.05) is 22.6 Å². The molecule has 4 rings (SSSR count). The van der Waals surface area contributed by atoms with Crippen LogP contribution in [0.3, 0.4) is 0 Å². The molecule has 0 N–H and O–H groups in total. The van der Waals surface area contributed by atoms with Crippen molar-refractivity contribution >= 4 is 10.8 Å². The lowest BCUT2D eigenvalue weighted by Crippen LogP contribution is -2.27. The molecule has 0 radical (unpaired) electrons. The van der Waals surface area contributed by atoms with Crippen LogP contribution in [0.25, 0.3) is 10.8 Å². The van der Waals surface area contributed by atoms with Gasteiger partial charge in [0.05, 0.1) is 13.2 Å². The first-order valence-corrected chi connectivity index (χ1v) is 10.5. The average Bonchev–Trinajstić information content (AvgIpc) is 2.79. The summed E-state index contributed by atoms with van der Waals surface area (Å²) in [4.78, 5) is 0. The highest BCUT2D eigenvalue weighted by molar-refractivity contribution is 5.84. The average molecular weight is 418 g/mol. The molecule has 31 heavy (non-hydrogen) atoms. The maximum atomic E-state index is 13.5. The topological polar surface area (TPSA) is 18.5 Å². The molecule has 1 aliphatic rings. The molecular formula is C27H24F2O2. The lowest BCUT2D eigenvalue weighted by atomic mass is 10.0. The quantitative estimate of drug-likeness (QED) is 0.354. The fraction of sp³-hybridized carbons (Fsp3) is 0.259. The number of hydrogen-bond acceptors (Lipinski definition) is 2. The summed E-state index contributed by atoms with van der Waals surface area (Å²) in [7, 11) is 0. The van der Waals surface area contributed by atoms with Gasteiger partial charge >= 0.3 is 0 Å². The van der Waals surface area contributed by atoms with Crippen LogP contribution in [0.2, 0.25) is 0 Å². The molecule has 3 aromatic carbocycles. The van der Waals surface area contributed by atoms with Gasteiger partial charge in [-0.3, -0.25) is 0 Å². The molecule has 0 spiro atoms. The lowest BCUT2D eigenvalue weighted by molar-refractivity contribution is -0.205. The maximum absolute atomic E-state index is 13.5. The van der Waals surface area contributed by atoms with Crippen molar-refractivity contribution < 1.29 is 18.3 Å². The minimum absolute atomic E-state index is 0.337. The van der Waals surface area contributed by atoms with Crippen LogP contribution >= 0.6 is 0 Å². The molecule has 1 heterocycles. The third-order valence-electron chi connectivity index (χ3n) is 5.36. The van der Waals surface area contributed by atoms with Crippen molar-refractivity contribution in [1.29, 1.82) is 0 Å². The summed E-state index contributed by atoms with van der Waals surface area (Å²) in [6, 6.07) is 15.5. The van der Waals surface area contributed by atoms with Crippen molar-refractivity contribution in [3.8, 4) is 11.8 Å². The molecule has 0 amide bonds. The second-order valence-corrected chi connectivity index (χ2v) is 7.71. The van der Waals surface area contributed by atoms with Gasteiger partial charge in [-0.25, -0.2) is 8.78 Å².